The summed E-state index contributed by atoms with van der Waals surface area (Å²) in [4.78, 5) is 24.8. The molecule has 1 heterocycles. The Balaban J connectivity index is 1.81. The average Bonchev–Trinajstić information content (AvgIpc) is 3.08. The first-order valence-electron chi connectivity index (χ1n) is 7.26. The van der Waals surface area contributed by atoms with Gasteiger partial charge in [-0.1, -0.05) is 29.8 Å². The summed E-state index contributed by atoms with van der Waals surface area (Å²) < 4.78 is 1.33. The molecule has 0 fully saturated rings. The minimum Gasteiger partial charge on any atom is -0.321 e. The highest BCUT2D eigenvalue weighted by Gasteiger charge is 2.14. The van der Waals surface area contributed by atoms with Gasteiger partial charge in [-0.25, -0.2) is 4.68 Å². The number of anilines is 1. The van der Waals surface area contributed by atoms with E-state index in [0.717, 1.165) is 5.56 Å². The highest BCUT2D eigenvalue weighted by molar-refractivity contribution is 6.10. The van der Waals surface area contributed by atoms with Crippen LogP contribution in [0.5, 0.6) is 0 Å². The minimum absolute atomic E-state index is 0.275. The van der Waals surface area contributed by atoms with Crippen LogP contribution in [0.3, 0.4) is 0 Å². The fourth-order valence-electron chi connectivity index (χ4n) is 2.21. The first-order valence-corrected chi connectivity index (χ1v) is 7.26. The van der Waals surface area contributed by atoms with Gasteiger partial charge in [-0.05, 0) is 31.2 Å². The van der Waals surface area contributed by atoms with Crippen molar-refractivity contribution in [3.63, 3.8) is 0 Å². The molecule has 0 radical (unpaired) electrons. The van der Waals surface area contributed by atoms with Crippen molar-refractivity contribution in [3.05, 3.63) is 77.9 Å². The first-order chi connectivity index (χ1) is 11.6. The predicted molar refractivity (Wildman–Crippen MR) is 89.3 cm³/mol. The van der Waals surface area contributed by atoms with Gasteiger partial charge >= 0.3 is 0 Å². The van der Waals surface area contributed by atoms with Crippen molar-refractivity contribution >= 4 is 17.5 Å². The molecule has 0 atom stereocenters. The van der Waals surface area contributed by atoms with E-state index in [1.54, 1.807) is 36.4 Å². The number of hydrogen-bond acceptors (Lipinski definition) is 4. The lowest BCUT2D eigenvalue weighted by molar-refractivity contribution is 0.101. The fourth-order valence-corrected chi connectivity index (χ4v) is 2.21. The van der Waals surface area contributed by atoms with Gasteiger partial charge in [0.1, 0.15) is 12.7 Å². The molecule has 3 aromatic rings. The number of hydrogen-bond donors (Lipinski definition) is 2. The van der Waals surface area contributed by atoms with Gasteiger partial charge in [-0.15, -0.1) is 10.2 Å². The van der Waals surface area contributed by atoms with E-state index in [2.05, 4.69) is 20.9 Å². The highest BCUT2D eigenvalue weighted by atomic mass is 16.2. The van der Waals surface area contributed by atoms with Gasteiger partial charge in [0.25, 0.3) is 11.8 Å². The lowest BCUT2D eigenvalue weighted by Gasteiger charge is -2.11. The van der Waals surface area contributed by atoms with Crippen LogP contribution in [-0.2, 0) is 0 Å². The Morgan fingerprint density at radius 1 is 0.958 bits per heavy atom. The van der Waals surface area contributed by atoms with Crippen LogP contribution < -0.4 is 10.7 Å². The maximum absolute atomic E-state index is 12.4. The highest BCUT2D eigenvalue weighted by Crippen LogP contribution is 2.17. The number of benzene rings is 2. The molecule has 24 heavy (non-hydrogen) atoms. The Hall–Kier alpha value is -3.48. The van der Waals surface area contributed by atoms with E-state index in [4.69, 9.17) is 0 Å². The summed E-state index contributed by atoms with van der Waals surface area (Å²) in [6, 6.07) is 14.0. The molecule has 3 rings (SSSR count). The van der Waals surface area contributed by atoms with Gasteiger partial charge < -0.3 is 5.32 Å². The Morgan fingerprint density at radius 3 is 2.46 bits per heavy atom. The van der Waals surface area contributed by atoms with E-state index in [1.165, 1.54) is 17.3 Å². The largest absolute Gasteiger partial charge is 0.321 e. The van der Waals surface area contributed by atoms with Crippen LogP contribution in [-0.4, -0.2) is 26.7 Å². The Bertz CT molecular complexity index is 874. The van der Waals surface area contributed by atoms with E-state index >= 15 is 0 Å². The van der Waals surface area contributed by atoms with E-state index in [0.29, 0.717) is 16.8 Å². The Labute approximate surface area is 138 Å². The van der Waals surface area contributed by atoms with Crippen molar-refractivity contribution in [2.45, 2.75) is 6.92 Å². The average molecular weight is 321 g/mol. The normalized spacial score (nSPS) is 10.2. The number of nitrogens with one attached hydrogen (secondary N) is 2. The standard InChI is InChI=1S/C17H15N5O2/c1-12-5-4-6-13(9-12)16(23)20-15-8-3-2-7-14(15)17(24)21-22-10-18-19-11-22/h2-11H,1H3,(H,20,23)(H,21,24). The Morgan fingerprint density at radius 2 is 1.71 bits per heavy atom. The third-order valence-electron chi connectivity index (χ3n) is 3.35. The van der Waals surface area contributed by atoms with E-state index in [1.807, 2.05) is 19.1 Å². The van der Waals surface area contributed by atoms with Crippen molar-refractivity contribution in [3.8, 4) is 0 Å². The number of nitrogens with zero attached hydrogens (tertiary/aromatic N) is 3. The molecule has 0 spiro atoms. The fraction of sp³-hybridized carbons (Fsp3) is 0.0588. The molecule has 7 nitrogen and oxygen atoms in total. The number of aryl methyl sites for hydroxylation is 1. The molecular weight excluding hydrogens is 306 g/mol. The third-order valence-corrected chi connectivity index (χ3v) is 3.35. The van der Waals surface area contributed by atoms with Crippen molar-refractivity contribution in [2.24, 2.45) is 0 Å². The third kappa shape index (κ3) is 3.46. The van der Waals surface area contributed by atoms with Gasteiger partial charge in [-0.3, -0.25) is 15.0 Å². The second-order valence-corrected chi connectivity index (χ2v) is 5.18. The van der Waals surface area contributed by atoms with Crippen molar-refractivity contribution in [2.75, 3.05) is 10.7 Å². The first kappa shape index (κ1) is 15.4. The molecule has 2 amide bonds. The molecule has 0 bridgehead atoms. The van der Waals surface area contributed by atoms with Crippen LogP contribution in [0.15, 0.2) is 61.2 Å². The van der Waals surface area contributed by atoms with E-state index < -0.39 is 0 Å². The topological polar surface area (TPSA) is 88.9 Å². The maximum atomic E-state index is 12.4. The molecule has 1 aromatic heterocycles. The number of aromatic nitrogens is 3. The molecule has 0 saturated heterocycles. The summed E-state index contributed by atoms with van der Waals surface area (Å²) in [5.41, 5.74) is 4.89. The second-order valence-electron chi connectivity index (χ2n) is 5.18. The van der Waals surface area contributed by atoms with Gasteiger partial charge in [0, 0.05) is 5.56 Å². The lowest BCUT2D eigenvalue weighted by Crippen LogP contribution is -2.23. The molecule has 0 aliphatic carbocycles. The monoisotopic (exact) mass is 321 g/mol. The molecule has 0 aliphatic heterocycles. The summed E-state index contributed by atoms with van der Waals surface area (Å²) in [6.45, 7) is 1.91. The van der Waals surface area contributed by atoms with Crippen molar-refractivity contribution in [1.29, 1.82) is 0 Å². The van der Waals surface area contributed by atoms with Crippen molar-refractivity contribution < 1.29 is 9.59 Å². The number of para-hydroxylation sites is 1. The SMILES string of the molecule is Cc1cccc(C(=O)Nc2ccccc2C(=O)Nn2cnnc2)c1. The van der Waals surface area contributed by atoms with Crippen LogP contribution in [0.25, 0.3) is 0 Å². The summed E-state index contributed by atoms with van der Waals surface area (Å²) in [5.74, 6) is -0.654. The van der Waals surface area contributed by atoms with Crippen molar-refractivity contribution in [1.82, 2.24) is 14.9 Å². The Kier molecular flexibility index (Phi) is 4.33. The van der Waals surface area contributed by atoms with E-state index in [9.17, 15) is 9.59 Å². The van der Waals surface area contributed by atoms with Gasteiger partial charge in [0.2, 0.25) is 0 Å². The van der Waals surface area contributed by atoms with Gasteiger partial charge in [-0.2, -0.15) is 0 Å². The molecule has 7 heteroatoms. The molecule has 0 saturated carbocycles. The number of carbonyl (C=O) groups is 2. The molecule has 0 aliphatic rings. The number of amides is 2. The zero-order valence-electron chi connectivity index (χ0n) is 12.9. The minimum atomic E-state index is -0.380. The predicted octanol–water partition coefficient (Wildman–Crippen LogP) is 2.22. The van der Waals surface area contributed by atoms with Gasteiger partial charge in [0.15, 0.2) is 0 Å². The zero-order chi connectivity index (χ0) is 16.9. The quantitative estimate of drug-likeness (QED) is 0.771. The smallest absolute Gasteiger partial charge is 0.272 e. The summed E-state index contributed by atoms with van der Waals surface area (Å²) in [7, 11) is 0. The zero-order valence-corrected chi connectivity index (χ0v) is 12.9. The molecule has 2 N–H and O–H groups in total. The molecular formula is C17H15N5O2. The summed E-state index contributed by atoms with van der Waals surface area (Å²) in [6.07, 6.45) is 2.73. The second kappa shape index (κ2) is 6.74. The van der Waals surface area contributed by atoms with Crippen LogP contribution in [0.4, 0.5) is 5.69 Å². The molecule has 120 valence electrons. The van der Waals surface area contributed by atoms with Gasteiger partial charge in [0.05, 0.1) is 11.3 Å². The lowest BCUT2D eigenvalue weighted by atomic mass is 10.1. The molecule has 0 unspecified atom stereocenters. The van der Waals surface area contributed by atoms with Crippen LogP contribution in [0.2, 0.25) is 0 Å². The number of rotatable bonds is 4. The maximum Gasteiger partial charge on any atom is 0.272 e. The summed E-state index contributed by atoms with van der Waals surface area (Å²) in [5, 5.41) is 10.0. The molecule has 2 aromatic carbocycles. The van der Waals surface area contributed by atoms with Crippen LogP contribution >= 0.6 is 0 Å². The van der Waals surface area contributed by atoms with E-state index in [-0.39, 0.29) is 11.8 Å². The number of carbonyl (C=O) groups excluding carboxylic acids is 2. The van der Waals surface area contributed by atoms with Crippen LogP contribution in [0, 0.1) is 6.92 Å². The summed E-state index contributed by atoms with van der Waals surface area (Å²) >= 11 is 0. The van der Waals surface area contributed by atoms with Crippen LogP contribution in [0.1, 0.15) is 26.3 Å².